The molecule has 14 heavy (non-hydrogen) atoms. The first-order valence-electron chi connectivity index (χ1n) is 4.62. The fraction of sp³-hybridized carbons (Fsp3) is 0.778. The van der Waals surface area contributed by atoms with E-state index >= 15 is 0 Å². The normalized spacial score (nSPS) is 12.1. The third kappa shape index (κ3) is 5.40. The molecule has 5 nitrogen and oxygen atoms in total. The smallest absolute Gasteiger partial charge is 0.410 e. The average molecular weight is 203 g/mol. The summed E-state index contributed by atoms with van der Waals surface area (Å²) in [7, 11) is 0. The highest BCUT2D eigenvalue weighted by atomic mass is 16.7. The van der Waals surface area contributed by atoms with Crippen molar-refractivity contribution < 1.29 is 19.1 Å². The lowest BCUT2D eigenvalue weighted by molar-refractivity contribution is -0.168. The lowest BCUT2D eigenvalue weighted by Crippen LogP contribution is -2.30. The average Bonchev–Trinajstić information content (AvgIpc) is 2.03. The molecule has 1 amide bonds. The van der Waals surface area contributed by atoms with E-state index in [-0.39, 0.29) is 11.9 Å². The number of carbonyl (C=O) groups excluding carboxylic acids is 2. The van der Waals surface area contributed by atoms with E-state index in [0.717, 1.165) is 0 Å². The lowest BCUT2D eigenvalue weighted by atomic mass is 10.2. The van der Waals surface area contributed by atoms with Crippen LogP contribution in [0.1, 0.15) is 27.7 Å². The van der Waals surface area contributed by atoms with E-state index in [1.165, 1.54) is 6.92 Å². The summed E-state index contributed by atoms with van der Waals surface area (Å²) in [5, 5.41) is 2.43. The van der Waals surface area contributed by atoms with E-state index < -0.39 is 12.4 Å². The van der Waals surface area contributed by atoms with Crippen LogP contribution in [0, 0.1) is 5.92 Å². The van der Waals surface area contributed by atoms with Crippen LogP contribution in [-0.4, -0.2) is 24.9 Å². The van der Waals surface area contributed by atoms with Crippen molar-refractivity contribution in [1.29, 1.82) is 0 Å². The molecule has 0 aromatic carbocycles. The number of esters is 1. The first-order valence-corrected chi connectivity index (χ1v) is 4.62. The van der Waals surface area contributed by atoms with Crippen LogP contribution >= 0.6 is 0 Å². The maximum Gasteiger partial charge on any atom is 0.410 e. The zero-order valence-corrected chi connectivity index (χ0v) is 8.99. The summed E-state index contributed by atoms with van der Waals surface area (Å²) in [5.74, 6) is -0.614. The number of nitrogens with one attached hydrogen (secondary N) is 1. The van der Waals surface area contributed by atoms with E-state index in [9.17, 15) is 9.59 Å². The number of hydrogen-bond donors (Lipinski definition) is 1. The van der Waals surface area contributed by atoms with Gasteiger partial charge in [0.2, 0.25) is 6.29 Å². The Morgan fingerprint density at radius 1 is 1.21 bits per heavy atom. The molecule has 5 heteroatoms. The highest BCUT2D eigenvalue weighted by molar-refractivity contribution is 5.72. The second-order valence-electron chi connectivity index (χ2n) is 3.09. The minimum Gasteiger partial charge on any atom is -0.425 e. The highest BCUT2D eigenvalue weighted by Crippen LogP contribution is 2.01. The Morgan fingerprint density at radius 3 is 2.21 bits per heavy atom. The molecular weight excluding hydrogens is 186 g/mol. The van der Waals surface area contributed by atoms with Gasteiger partial charge >= 0.3 is 12.1 Å². The van der Waals surface area contributed by atoms with Crippen LogP contribution in [0.25, 0.3) is 0 Å². The minimum atomic E-state index is -0.851. The summed E-state index contributed by atoms with van der Waals surface area (Å²) in [6.07, 6.45) is -1.44. The van der Waals surface area contributed by atoms with Gasteiger partial charge in [-0.25, -0.2) is 4.79 Å². The van der Waals surface area contributed by atoms with E-state index in [1.54, 1.807) is 20.8 Å². The summed E-state index contributed by atoms with van der Waals surface area (Å²) in [6, 6.07) is 0. The van der Waals surface area contributed by atoms with Crippen molar-refractivity contribution in [2.24, 2.45) is 5.92 Å². The zero-order valence-electron chi connectivity index (χ0n) is 8.99. The predicted molar refractivity (Wildman–Crippen MR) is 50.5 cm³/mol. The van der Waals surface area contributed by atoms with Crippen LogP contribution in [0.2, 0.25) is 0 Å². The van der Waals surface area contributed by atoms with Gasteiger partial charge in [-0.2, -0.15) is 0 Å². The molecule has 0 radical (unpaired) electrons. The number of alkyl carbamates (subject to hydrolysis) is 1. The Balaban J connectivity index is 3.80. The molecule has 0 saturated carbocycles. The number of rotatable bonds is 4. The number of carbonyl (C=O) groups is 2. The Hall–Kier alpha value is -1.26. The van der Waals surface area contributed by atoms with Crippen LogP contribution in [0.5, 0.6) is 0 Å². The minimum absolute atomic E-state index is 0.227. The van der Waals surface area contributed by atoms with Gasteiger partial charge < -0.3 is 14.8 Å². The molecule has 0 heterocycles. The van der Waals surface area contributed by atoms with E-state index in [4.69, 9.17) is 9.47 Å². The number of hydrogen-bond acceptors (Lipinski definition) is 4. The van der Waals surface area contributed by atoms with Gasteiger partial charge in [-0.1, -0.05) is 13.8 Å². The topological polar surface area (TPSA) is 64.6 Å². The van der Waals surface area contributed by atoms with E-state index in [2.05, 4.69) is 5.32 Å². The van der Waals surface area contributed by atoms with Gasteiger partial charge in [0, 0.05) is 13.5 Å². The second-order valence-corrected chi connectivity index (χ2v) is 3.09. The highest BCUT2D eigenvalue weighted by Gasteiger charge is 2.15. The molecule has 1 unspecified atom stereocenters. The first kappa shape index (κ1) is 12.7. The molecule has 0 bridgehead atoms. The standard InChI is InChI=1S/C9H17NO4/c1-5-10-9(12)14-7(4)13-8(11)6(2)3/h6-7H,5H2,1-4H3,(H,10,12). The summed E-state index contributed by atoms with van der Waals surface area (Å²) in [5.41, 5.74) is 0. The van der Waals surface area contributed by atoms with Crippen molar-refractivity contribution in [2.45, 2.75) is 34.0 Å². The molecule has 1 atom stereocenters. The van der Waals surface area contributed by atoms with Crippen molar-refractivity contribution in [3.63, 3.8) is 0 Å². The molecule has 0 fully saturated rings. The third-order valence-electron chi connectivity index (χ3n) is 1.35. The molecule has 82 valence electrons. The predicted octanol–water partition coefficient (Wildman–Crippen LogP) is 1.28. The Labute approximate surface area is 83.8 Å². The van der Waals surface area contributed by atoms with Gasteiger partial charge in [0.25, 0.3) is 0 Å². The monoisotopic (exact) mass is 203 g/mol. The van der Waals surface area contributed by atoms with Crippen LogP contribution < -0.4 is 5.32 Å². The van der Waals surface area contributed by atoms with Gasteiger partial charge in [0.05, 0.1) is 5.92 Å². The zero-order chi connectivity index (χ0) is 11.1. The Morgan fingerprint density at radius 2 is 1.79 bits per heavy atom. The Kier molecular flexibility index (Phi) is 5.67. The molecule has 1 N–H and O–H groups in total. The van der Waals surface area contributed by atoms with Gasteiger partial charge in [-0.05, 0) is 6.92 Å². The molecule has 0 aromatic heterocycles. The molecule has 0 aliphatic rings. The largest absolute Gasteiger partial charge is 0.425 e. The molecule has 0 aliphatic carbocycles. The fourth-order valence-electron chi connectivity index (χ4n) is 0.660. The third-order valence-corrected chi connectivity index (χ3v) is 1.35. The Bertz CT molecular complexity index is 203. The van der Waals surface area contributed by atoms with Gasteiger partial charge in [0.15, 0.2) is 0 Å². The second kappa shape index (κ2) is 6.23. The number of ether oxygens (including phenoxy) is 2. The van der Waals surface area contributed by atoms with Crippen molar-refractivity contribution in [3.8, 4) is 0 Å². The molecule has 0 aliphatic heterocycles. The summed E-state index contributed by atoms with van der Waals surface area (Å²) in [6.45, 7) is 7.16. The molecule has 0 aromatic rings. The summed E-state index contributed by atoms with van der Waals surface area (Å²) < 4.78 is 9.53. The SMILES string of the molecule is CCNC(=O)OC(C)OC(=O)C(C)C. The van der Waals surface area contributed by atoms with Crippen molar-refractivity contribution >= 4 is 12.1 Å². The maximum absolute atomic E-state index is 11.1. The van der Waals surface area contributed by atoms with Crippen LogP contribution in [-0.2, 0) is 14.3 Å². The van der Waals surface area contributed by atoms with Crippen molar-refractivity contribution in [2.75, 3.05) is 6.54 Å². The van der Waals surface area contributed by atoms with Gasteiger partial charge in [0.1, 0.15) is 0 Å². The number of amides is 1. The van der Waals surface area contributed by atoms with Gasteiger partial charge in [-0.15, -0.1) is 0 Å². The van der Waals surface area contributed by atoms with Crippen LogP contribution in [0.15, 0.2) is 0 Å². The molecule has 0 spiro atoms. The van der Waals surface area contributed by atoms with E-state index in [0.29, 0.717) is 6.54 Å². The lowest BCUT2D eigenvalue weighted by Gasteiger charge is -2.15. The fourth-order valence-corrected chi connectivity index (χ4v) is 0.660. The van der Waals surface area contributed by atoms with Crippen LogP contribution in [0.3, 0.4) is 0 Å². The molecule has 0 rings (SSSR count). The van der Waals surface area contributed by atoms with Gasteiger partial charge in [-0.3, -0.25) is 4.79 Å². The molecule has 0 saturated heterocycles. The van der Waals surface area contributed by atoms with Crippen molar-refractivity contribution in [1.82, 2.24) is 5.32 Å². The summed E-state index contributed by atoms with van der Waals surface area (Å²) >= 11 is 0. The maximum atomic E-state index is 11.1. The molecular formula is C9H17NO4. The van der Waals surface area contributed by atoms with Crippen molar-refractivity contribution in [3.05, 3.63) is 0 Å². The van der Waals surface area contributed by atoms with Crippen LogP contribution in [0.4, 0.5) is 4.79 Å². The first-order chi connectivity index (χ1) is 6.47. The summed E-state index contributed by atoms with van der Waals surface area (Å²) in [4.78, 5) is 21.9. The quantitative estimate of drug-likeness (QED) is 0.552. The van der Waals surface area contributed by atoms with E-state index in [1.807, 2.05) is 0 Å².